The normalized spacial score (nSPS) is 10.9. The van der Waals surface area contributed by atoms with E-state index in [-0.39, 0.29) is 21.5 Å². The second-order valence-corrected chi connectivity index (χ2v) is 5.54. The van der Waals surface area contributed by atoms with Crippen molar-refractivity contribution < 1.29 is 9.72 Å². The van der Waals surface area contributed by atoms with E-state index in [1.807, 2.05) is 0 Å². The molecule has 0 aromatic heterocycles. The number of nitro benzene ring substituents is 1. The molecule has 4 nitrogen and oxygen atoms in total. The van der Waals surface area contributed by atoms with Crippen molar-refractivity contribution in [3.63, 3.8) is 0 Å². The highest BCUT2D eigenvalue weighted by molar-refractivity contribution is 6.37. The van der Waals surface area contributed by atoms with Crippen LogP contribution in [-0.2, 0) is 0 Å². The summed E-state index contributed by atoms with van der Waals surface area (Å²) in [6.07, 6.45) is 2.73. The fourth-order valence-electron chi connectivity index (χ4n) is 1.72. The van der Waals surface area contributed by atoms with Crippen LogP contribution >= 0.6 is 34.8 Å². The summed E-state index contributed by atoms with van der Waals surface area (Å²) in [5.74, 6) is -0.334. The van der Waals surface area contributed by atoms with Crippen molar-refractivity contribution >= 4 is 52.3 Å². The fourth-order valence-corrected chi connectivity index (χ4v) is 2.41. The van der Waals surface area contributed by atoms with Crippen molar-refractivity contribution in [1.29, 1.82) is 0 Å². The number of rotatable bonds is 4. The van der Waals surface area contributed by atoms with Gasteiger partial charge in [-0.05, 0) is 35.9 Å². The van der Waals surface area contributed by atoms with Crippen molar-refractivity contribution in [3.8, 4) is 0 Å². The minimum atomic E-state index is -0.586. The third-order valence-corrected chi connectivity index (χ3v) is 3.66. The van der Waals surface area contributed by atoms with Gasteiger partial charge in [-0.3, -0.25) is 14.9 Å². The first-order chi connectivity index (χ1) is 10.4. The summed E-state index contributed by atoms with van der Waals surface area (Å²) in [5.41, 5.74) is 0.557. The lowest BCUT2D eigenvalue weighted by Crippen LogP contribution is -1.95. The van der Waals surface area contributed by atoms with Crippen LogP contribution in [0, 0.1) is 10.1 Å². The van der Waals surface area contributed by atoms with E-state index in [0.717, 1.165) is 0 Å². The van der Waals surface area contributed by atoms with Crippen LogP contribution in [0.2, 0.25) is 15.1 Å². The van der Waals surface area contributed by atoms with E-state index < -0.39 is 4.92 Å². The number of allylic oxidation sites excluding steroid dienone is 1. The Labute approximate surface area is 141 Å². The van der Waals surface area contributed by atoms with Gasteiger partial charge in [-0.1, -0.05) is 46.9 Å². The van der Waals surface area contributed by atoms with Gasteiger partial charge in [0.25, 0.3) is 5.69 Å². The van der Waals surface area contributed by atoms with Crippen LogP contribution in [0.5, 0.6) is 0 Å². The van der Waals surface area contributed by atoms with Crippen LogP contribution in [-0.4, -0.2) is 10.7 Å². The molecule has 0 bridgehead atoms. The molecule has 0 atom stereocenters. The monoisotopic (exact) mass is 355 g/mol. The molecule has 0 radical (unpaired) electrons. The average molecular weight is 357 g/mol. The average Bonchev–Trinajstić information content (AvgIpc) is 2.45. The minimum absolute atomic E-state index is 0.0363. The molecule has 0 unspecified atom stereocenters. The highest BCUT2D eigenvalue weighted by atomic mass is 35.5. The molecule has 0 fully saturated rings. The minimum Gasteiger partial charge on any atom is -0.289 e. The van der Waals surface area contributed by atoms with Gasteiger partial charge in [0.15, 0.2) is 5.78 Å². The first kappa shape index (κ1) is 16.5. The number of hydrogen-bond acceptors (Lipinski definition) is 3. The molecular formula is C15H8Cl3NO3. The Morgan fingerprint density at radius 1 is 1.05 bits per heavy atom. The van der Waals surface area contributed by atoms with Gasteiger partial charge in [-0.15, -0.1) is 0 Å². The van der Waals surface area contributed by atoms with E-state index in [1.54, 1.807) is 12.1 Å². The highest BCUT2D eigenvalue weighted by Crippen LogP contribution is 2.26. The van der Waals surface area contributed by atoms with Gasteiger partial charge in [0.05, 0.1) is 9.95 Å². The first-order valence-corrected chi connectivity index (χ1v) is 7.13. The predicted octanol–water partition coefficient (Wildman–Crippen LogP) is 5.45. The molecule has 0 saturated carbocycles. The Hall–Kier alpha value is -1.88. The Balaban J connectivity index is 2.26. The van der Waals surface area contributed by atoms with E-state index in [1.165, 1.54) is 36.4 Å². The standard InChI is InChI=1S/C15H8Cl3NO3/c16-10-3-4-11(13(18)8-10)15(20)6-2-9-1-5-12(17)14(7-9)19(21)22/h1-8H/b6-2+. The molecule has 0 aliphatic carbocycles. The zero-order valence-electron chi connectivity index (χ0n) is 10.9. The number of halogens is 3. The molecule has 0 N–H and O–H groups in total. The number of hydrogen-bond donors (Lipinski definition) is 0. The Bertz CT molecular complexity index is 788. The Morgan fingerprint density at radius 3 is 2.41 bits per heavy atom. The molecule has 112 valence electrons. The highest BCUT2D eigenvalue weighted by Gasteiger charge is 2.12. The Morgan fingerprint density at radius 2 is 1.77 bits per heavy atom. The summed E-state index contributed by atoms with van der Waals surface area (Å²) in [7, 11) is 0. The number of benzene rings is 2. The van der Waals surface area contributed by atoms with Gasteiger partial charge < -0.3 is 0 Å². The molecule has 2 aromatic rings. The molecule has 7 heteroatoms. The molecule has 22 heavy (non-hydrogen) atoms. The third-order valence-electron chi connectivity index (χ3n) is 2.79. The number of nitrogens with zero attached hydrogens (tertiary/aromatic N) is 1. The maximum atomic E-state index is 12.1. The molecule has 0 spiro atoms. The Kier molecular flexibility index (Phi) is 5.19. The lowest BCUT2D eigenvalue weighted by Gasteiger charge is -2.00. The number of carbonyl (C=O) groups excluding carboxylic acids is 1. The van der Waals surface area contributed by atoms with Gasteiger partial charge in [-0.25, -0.2) is 0 Å². The van der Waals surface area contributed by atoms with Crippen LogP contribution in [0.15, 0.2) is 42.5 Å². The quantitative estimate of drug-likeness (QED) is 0.317. The smallest absolute Gasteiger partial charge is 0.288 e. The van der Waals surface area contributed by atoms with Crippen LogP contribution < -0.4 is 0 Å². The summed E-state index contributed by atoms with van der Waals surface area (Å²) in [4.78, 5) is 22.3. The maximum Gasteiger partial charge on any atom is 0.288 e. The summed E-state index contributed by atoms with van der Waals surface area (Å²) < 4.78 is 0. The van der Waals surface area contributed by atoms with Crippen LogP contribution in [0.25, 0.3) is 6.08 Å². The number of ketones is 1. The topological polar surface area (TPSA) is 60.2 Å². The van der Waals surface area contributed by atoms with Crippen molar-refractivity contribution in [2.45, 2.75) is 0 Å². The first-order valence-electron chi connectivity index (χ1n) is 6.00. The number of nitro groups is 1. The van der Waals surface area contributed by atoms with Crippen molar-refractivity contribution in [3.05, 3.63) is 78.8 Å². The van der Waals surface area contributed by atoms with Gasteiger partial charge in [-0.2, -0.15) is 0 Å². The lowest BCUT2D eigenvalue weighted by molar-refractivity contribution is -0.384. The number of carbonyl (C=O) groups is 1. The van der Waals surface area contributed by atoms with Crippen molar-refractivity contribution in [2.75, 3.05) is 0 Å². The van der Waals surface area contributed by atoms with Crippen molar-refractivity contribution in [2.24, 2.45) is 0 Å². The SMILES string of the molecule is O=C(/C=C/c1ccc(Cl)c([N+](=O)[O-])c1)c1ccc(Cl)cc1Cl. The van der Waals surface area contributed by atoms with E-state index in [9.17, 15) is 14.9 Å². The summed E-state index contributed by atoms with van der Waals surface area (Å²) in [6.45, 7) is 0. The molecule has 0 amide bonds. The second kappa shape index (κ2) is 6.92. The molecule has 2 aromatic carbocycles. The second-order valence-electron chi connectivity index (χ2n) is 4.29. The van der Waals surface area contributed by atoms with Gasteiger partial charge >= 0.3 is 0 Å². The molecule has 0 saturated heterocycles. The molecule has 0 aliphatic rings. The van der Waals surface area contributed by atoms with E-state index in [0.29, 0.717) is 16.1 Å². The fraction of sp³-hybridized carbons (Fsp3) is 0. The summed E-state index contributed by atoms with van der Waals surface area (Å²) in [6, 6.07) is 8.80. The molecule has 2 rings (SSSR count). The molecule has 0 aliphatic heterocycles. The maximum absolute atomic E-state index is 12.1. The van der Waals surface area contributed by atoms with Gasteiger partial charge in [0.2, 0.25) is 0 Å². The van der Waals surface area contributed by atoms with E-state index in [4.69, 9.17) is 34.8 Å². The zero-order valence-corrected chi connectivity index (χ0v) is 13.2. The van der Waals surface area contributed by atoms with Gasteiger partial charge in [0.1, 0.15) is 5.02 Å². The largest absolute Gasteiger partial charge is 0.289 e. The van der Waals surface area contributed by atoms with Crippen LogP contribution in [0.3, 0.4) is 0 Å². The van der Waals surface area contributed by atoms with E-state index >= 15 is 0 Å². The van der Waals surface area contributed by atoms with Crippen LogP contribution in [0.1, 0.15) is 15.9 Å². The van der Waals surface area contributed by atoms with Gasteiger partial charge in [0, 0.05) is 16.7 Å². The molecule has 0 heterocycles. The molecular weight excluding hydrogens is 349 g/mol. The van der Waals surface area contributed by atoms with E-state index in [2.05, 4.69) is 0 Å². The zero-order chi connectivity index (χ0) is 16.3. The predicted molar refractivity (Wildman–Crippen MR) is 87.9 cm³/mol. The summed E-state index contributed by atoms with van der Waals surface area (Å²) >= 11 is 17.4. The van der Waals surface area contributed by atoms with Crippen molar-refractivity contribution in [1.82, 2.24) is 0 Å². The lowest BCUT2D eigenvalue weighted by atomic mass is 10.1. The third kappa shape index (κ3) is 3.85. The van der Waals surface area contributed by atoms with Crippen LogP contribution in [0.4, 0.5) is 5.69 Å². The summed E-state index contributed by atoms with van der Waals surface area (Å²) in [5, 5.41) is 11.5.